The van der Waals surface area contributed by atoms with E-state index in [2.05, 4.69) is 58.6 Å². The molecule has 0 aliphatic carbocycles. The number of para-hydroxylation sites is 1. The molecule has 4 rings (SSSR count). The van der Waals surface area contributed by atoms with Gasteiger partial charge < -0.3 is 9.64 Å². The summed E-state index contributed by atoms with van der Waals surface area (Å²) < 4.78 is 7.70. The molecule has 0 spiro atoms. The van der Waals surface area contributed by atoms with Crippen LogP contribution in [0.2, 0.25) is 0 Å². The maximum Gasteiger partial charge on any atom is 0.232 e. The maximum atomic E-state index is 12.2. The molecule has 0 atom stereocenters. The van der Waals surface area contributed by atoms with Crippen LogP contribution in [0.1, 0.15) is 45.1 Å². The topological polar surface area (TPSA) is 60.3 Å². The number of rotatable bonds is 6. The summed E-state index contributed by atoms with van der Waals surface area (Å²) in [5, 5.41) is 10.0. The molecule has 1 aliphatic heterocycles. The van der Waals surface area contributed by atoms with Gasteiger partial charge in [0.25, 0.3) is 0 Å². The molecule has 3 aromatic rings. The van der Waals surface area contributed by atoms with Crippen molar-refractivity contribution in [3.8, 4) is 5.69 Å². The van der Waals surface area contributed by atoms with E-state index in [1.807, 2.05) is 19.1 Å². The minimum absolute atomic E-state index is 0.115. The summed E-state index contributed by atoms with van der Waals surface area (Å²) in [7, 11) is 0. The molecule has 1 fully saturated rings. The second-order valence-electron chi connectivity index (χ2n) is 8.34. The molecule has 1 saturated heterocycles. The van der Waals surface area contributed by atoms with Crippen LogP contribution < -0.4 is 4.90 Å². The number of thioether (sulfide) groups is 1. The lowest BCUT2D eigenvalue weighted by atomic mass is 9.92. The van der Waals surface area contributed by atoms with Gasteiger partial charge in [0.15, 0.2) is 10.9 Å². The molecule has 1 aromatic heterocycles. The number of aryl methyl sites for hydroxylation is 3. The number of nitrogens with zero attached hydrogens (tertiary/aromatic N) is 4. The Kier molecular flexibility index (Phi) is 6.67. The van der Waals surface area contributed by atoms with Gasteiger partial charge in [-0.1, -0.05) is 36.0 Å². The maximum absolute atomic E-state index is 12.2. The highest BCUT2D eigenvalue weighted by Crippen LogP contribution is 2.33. The largest absolute Gasteiger partial charge is 0.378 e. The van der Waals surface area contributed by atoms with E-state index in [0.717, 1.165) is 52.3 Å². The molecule has 0 radical (unpaired) electrons. The van der Waals surface area contributed by atoms with Crippen molar-refractivity contribution in [1.82, 2.24) is 14.8 Å². The molecule has 32 heavy (non-hydrogen) atoms. The van der Waals surface area contributed by atoms with Crippen molar-refractivity contribution >= 4 is 23.5 Å². The van der Waals surface area contributed by atoms with Crippen LogP contribution in [0.4, 0.5) is 5.95 Å². The third-order valence-corrected chi connectivity index (χ3v) is 7.05. The minimum atomic E-state index is 0.115. The van der Waals surface area contributed by atoms with Gasteiger partial charge in [-0.3, -0.25) is 9.36 Å². The van der Waals surface area contributed by atoms with Crippen LogP contribution in [0.3, 0.4) is 0 Å². The zero-order chi connectivity index (χ0) is 22.8. The van der Waals surface area contributed by atoms with Gasteiger partial charge in [0, 0.05) is 24.4 Å². The number of hydrogen-bond acceptors (Lipinski definition) is 6. The Labute approximate surface area is 194 Å². The molecule has 0 N–H and O–H groups in total. The molecule has 2 aromatic carbocycles. The Morgan fingerprint density at radius 3 is 2.44 bits per heavy atom. The van der Waals surface area contributed by atoms with E-state index in [9.17, 15) is 4.79 Å². The SMILES string of the molecule is CC(=O)c1c(C)cc(C)c(CSc2nnc(N3CCOCC3)n2-c2ccccc2C)c1C. The van der Waals surface area contributed by atoms with Gasteiger partial charge in [0.1, 0.15) is 0 Å². The van der Waals surface area contributed by atoms with Gasteiger partial charge >= 0.3 is 0 Å². The van der Waals surface area contributed by atoms with Gasteiger partial charge in [-0.05, 0) is 68.5 Å². The molecule has 0 saturated carbocycles. The van der Waals surface area contributed by atoms with Gasteiger partial charge in [0.2, 0.25) is 5.95 Å². The number of hydrogen-bond donors (Lipinski definition) is 0. The molecule has 0 unspecified atom stereocenters. The zero-order valence-corrected chi connectivity index (χ0v) is 20.3. The van der Waals surface area contributed by atoms with E-state index in [0.29, 0.717) is 13.2 Å². The third kappa shape index (κ3) is 4.32. The van der Waals surface area contributed by atoms with Crippen LogP contribution >= 0.6 is 11.8 Å². The van der Waals surface area contributed by atoms with Crippen molar-refractivity contribution in [3.05, 3.63) is 63.7 Å². The first-order chi connectivity index (χ1) is 15.4. The lowest BCUT2D eigenvalue weighted by Gasteiger charge is -2.28. The van der Waals surface area contributed by atoms with Crippen molar-refractivity contribution < 1.29 is 9.53 Å². The van der Waals surface area contributed by atoms with Crippen LogP contribution in [0.5, 0.6) is 0 Å². The van der Waals surface area contributed by atoms with Crippen molar-refractivity contribution in [2.45, 2.75) is 45.5 Å². The molecular formula is C25H30N4O2S. The quantitative estimate of drug-likeness (QED) is 0.396. The van der Waals surface area contributed by atoms with Crippen LogP contribution in [0.25, 0.3) is 5.69 Å². The fraction of sp³-hybridized carbons (Fsp3) is 0.400. The number of anilines is 1. The summed E-state index contributed by atoms with van der Waals surface area (Å²) in [4.78, 5) is 14.5. The van der Waals surface area contributed by atoms with Crippen molar-refractivity contribution in [2.24, 2.45) is 0 Å². The van der Waals surface area contributed by atoms with Crippen molar-refractivity contribution in [3.63, 3.8) is 0 Å². The number of aromatic nitrogens is 3. The Hall–Kier alpha value is -2.64. The molecule has 168 valence electrons. The second kappa shape index (κ2) is 9.46. The van der Waals surface area contributed by atoms with E-state index in [1.165, 1.54) is 16.7 Å². The Balaban J connectivity index is 1.73. The zero-order valence-electron chi connectivity index (χ0n) is 19.4. The predicted octanol–water partition coefficient (Wildman–Crippen LogP) is 4.83. The molecule has 0 amide bonds. The van der Waals surface area contributed by atoms with Crippen LogP contribution in [0.15, 0.2) is 35.5 Å². The number of carbonyl (C=O) groups excluding carboxylic acids is 1. The fourth-order valence-electron chi connectivity index (χ4n) is 4.48. The molecular weight excluding hydrogens is 420 g/mol. The van der Waals surface area contributed by atoms with Crippen molar-refractivity contribution in [2.75, 3.05) is 31.2 Å². The number of ketones is 1. The van der Waals surface area contributed by atoms with Gasteiger partial charge in [0.05, 0.1) is 18.9 Å². The first-order valence-corrected chi connectivity index (χ1v) is 11.9. The number of ether oxygens (including phenoxy) is 1. The van der Waals surface area contributed by atoms with Gasteiger partial charge in [-0.15, -0.1) is 10.2 Å². The van der Waals surface area contributed by atoms with E-state index in [1.54, 1.807) is 18.7 Å². The number of Topliss-reactive ketones (excluding diaryl/α,β-unsaturated/α-hetero) is 1. The second-order valence-corrected chi connectivity index (χ2v) is 9.28. The smallest absolute Gasteiger partial charge is 0.232 e. The summed E-state index contributed by atoms with van der Waals surface area (Å²) in [5.41, 5.74) is 7.59. The van der Waals surface area contributed by atoms with E-state index < -0.39 is 0 Å². The van der Waals surface area contributed by atoms with E-state index >= 15 is 0 Å². The first kappa shape index (κ1) is 22.6. The van der Waals surface area contributed by atoms with Gasteiger partial charge in [-0.25, -0.2) is 0 Å². The fourth-order valence-corrected chi connectivity index (χ4v) is 5.60. The summed E-state index contributed by atoms with van der Waals surface area (Å²) in [6.45, 7) is 12.9. The Morgan fingerprint density at radius 1 is 1.03 bits per heavy atom. The van der Waals surface area contributed by atoms with E-state index in [4.69, 9.17) is 4.74 Å². The lowest BCUT2D eigenvalue weighted by Crippen LogP contribution is -2.38. The van der Waals surface area contributed by atoms with Crippen LogP contribution in [-0.2, 0) is 10.5 Å². The predicted molar refractivity (Wildman–Crippen MR) is 129 cm³/mol. The summed E-state index contributed by atoms with van der Waals surface area (Å²) in [6, 6.07) is 10.4. The van der Waals surface area contributed by atoms with E-state index in [-0.39, 0.29) is 5.78 Å². The van der Waals surface area contributed by atoms with Crippen LogP contribution in [-0.4, -0.2) is 46.9 Å². The minimum Gasteiger partial charge on any atom is -0.378 e. The average Bonchev–Trinajstić information content (AvgIpc) is 3.17. The average molecular weight is 451 g/mol. The third-order valence-electron chi connectivity index (χ3n) is 6.10. The number of benzene rings is 2. The Morgan fingerprint density at radius 2 is 1.75 bits per heavy atom. The number of carbonyl (C=O) groups is 1. The standard InChI is InChI=1S/C25H30N4O2S/c1-16-8-6-7-9-22(16)29-24(28-10-12-31-13-11-28)26-27-25(29)32-15-21-17(2)14-18(3)23(19(21)4)20(5)30/h6-9,14H,10-13,15H2,1-5H3. The van der Waals surface area contributed by atoms with Gasteiger partial charge in [-0.2, -0.15) is 0 Å². The lowest BCUT2D eigenvalue weighted by molar-refractivity contribution is 0.101. The summed E-state index contributed by atoms with van der Waals surface area (Å²) in [6.07, 6.45) is 0. The highest BCUT2D eigenvalue weighted by Gasteiger charge is 2.23. The normalized spacial score (nSPS) is 14.1. The Bertz CT molecular complexity index is 1150. The molecule has 7 heteroatoms. The summed E-state index contributed by atoms with van der Waals surface area (Å²) >= 11 is 1.66. The molecule has 6 nitrogen and oxygen atoms in total. The summed E-state index contributed by atoms with van der Waals surface area (Å²) in [5.74, 6) is 1.70. The first-order valence-electron chi connectivity index (χ1n) is 11.0. The monoisotopic (exact) mass is 450 g/mol. The highest BCUT2D eigenvalue weighted by atomic mass is 32.2. The molecule has 0 bridgehead atoms. The highest BCUT2D eigenvalue weighted by molar-refractivity contribution is 7.98. The number of morpholine rings is 1. The molecule has 2 heterocycles. The molecule has 1 aliphatic rings. The van der Waals surface area contributed by atoms with Crippen LogP contribution in [0, 0.1) is 27.7 Å². The van der Waals surface area contributed by atoms with Crippen molar-refractivity contribution in [1.29, 1.82) is 0 Å².